The van der Waals surface area contributed by atoms with Crippen LogP contribution in [0.4, 0.5) is 0 Å². The molecule has 3 heterocycles. The molecule has 7 heteroatoms. The van der Waals surface area contributed by atoms with Gasteiger partial charge in [0.05, 0.1) is 22.4 Å². The summed E-state index contributed by atoms with van der Waals surface area (Å²) in [7, 11) is 0. The number of nitrogens with zero attached hydrogens (tertiary/aromatic N) is 3. The van der Waals surface area contributed by atoms with Gasteiger partial charge in [0.2, 0.25) is 0 Å². The highest BCUT2D eigenvalue weighted by Gasteiger charge is 2.33. The first-order valence-corrected chi connectivity index (χ1v) is 14.8. The van der Waals surface area contributed by atoms with Gasteiger partial charge in [0.15, 0.2) is 0 Å². The first kappa shape index (κ1) is 25.0. The van der Waals surface area contributed by atoms with Gasteiger partial charge in [-0.25, -0.2) is 5.01 Å². The van der Waals surface area contributed by atoms with Gasteiger partial charge in [-0.2, -0.15) is 5.10 Å². The maximum Gasteiger partial charge on any atom is 0.253 e. The van der Waals surface area contributed by atoms with Crippen LogP contribution in [0.25, 0.3) is 10.9 Å². The Hall–Kier alpha value is -3.32. The molecule has 0 saturated carbocycles. The minimum atomic E-state index is -0.0950. The fourth-order valence-corrected chi connectivity index (χ4v) is 6.71. The van der Waals surface area contributed by atoms with Crippen LogP contribution in [-0.4, -0.2) is 26.9 Å². The monoisotopic (exact) mass is 555 g/mol. The number of carbonyl (C=O) groups excluding carboxylic acids is 1. The largest absolute Gasteiger partial charge is 0.342 e. The Morgan fingerprint density at radius 3 is 2.61 bits per heavy atom. The summed E-state index contributed by atoms with van der Waals surface area (Å²) in [6, 6.07) is 28.7. The summed E-state index contributed by atoms with van der Waals surface area (Å²) in [5.74, 6) is 0.319. The molecule has 1 atom stereocenters. The third-order valence-electron chi connectivity index (χ3n) is 6.84. The van der Waals surface area contributed by atoms with Crippen molar-refractivity contribution < 1.29 is 4.79 Å². The second-order valence-electron chi connectivity index (χ2n) is 9.41. The number of halogens is 1. The maximum atomic E-state index is 13.6. The van der Waals surface area contributed by atoms with Crippen molar-refractivity contribution in [3.63, 3.8) is 0 Å². The lowest BCUT2D eigenvalue weighted by molar-refractivity contribution is -0.130. The molecule has 6 rings (SSSR count). The Balaban J connectivity index is 1.25. The Labute approximate surface area is 235 Å². The van der Waals surface area contributed by atoms with Gasteiger partial charge in [-0.3, -0.25) is 4.79 Å². The zero-order valence-electron chi connectivity index (χ0n) is 20.9. The lowest BCUT2D eigenvalue weighted by Crippen LogP contribution is -2.28. The molecule has 5 aromatic rings. The number of thioether (sulfide) groups is 1. The number of aryl methyl sites for hydroxylation is 1. The van der Waals surface area contributed by atoms with E-state index < -0.39 is 0 Å². The van der Waals surface area contributed by atoms with Crippen LogP contribution in [-0.2, 0) is 11.3 Å². The van der Waals surface area contributed by atoms with Gasteiger partial charge in [-0.05, 0) is 41.6 Å². The molecule has 190 valence electrons. The zero-order valence-corrected chi connectivity index (χ0v) is 23.3. The Bertz CT molecular complexity index is 1620. The Kier molecular flexibility index (Phi) is 7.11. The van der Waals surface area contributed by atoms with E-state index in [2.05, 4.69) is 71.6 Å². The number of fused-ring (bicyclic) bond motifs is 1. The van der Waals surface area contributed by atoms with Crippen molar-refractivity contribution in [2.75, 3.05) is 5.75 Å². The van der Waals surface area contributed by atoms with Crippen LogP contribution in [0.15, 0.2) is 107 Å². The molecule has 0 fully saturated rings. The van der Waals surface area contributed by atoms with Crippen molar-refractivity contribution >= 4 is 57.2 Å². The van der Waals surface area contributed by atoms with Crippen molar-refractivity contribution in [2.45, 2.75) is 30.8 Å². The number of thiophene rings is 1. The molecule has 0 spiro atoms. The van der Waals surface area contributed by atoms with Crippen molar-refractivity contribution in [1.82, 2.24) is 9.58 Å². The first-order chi connectivity index (χ1) is 18.6. The van der Waals surface area contributed by atoms with Crippen LogP contribution in [0, 0.1) is 6.92 Å². The van der Waals surface area contributed by atoms with E-state index in [1.807, 2.05) is 36.4 Å². The second-order valence-corrected chi connectivity index (χ2v) is 11.8. The summed E-state index contributed by atoms with van der Waals surface area (Å²) < 4.78 is 2.21. The summed E-state index contributed by atoms with van der Waals surface area (Å²) in [6.07, 6.45) is 2.85. The predicted octanol–water partition coefficient (Wildman–Crippen LogP) is 8.18. The highest BCUT2D eigenvalue weighted by Crippen LogP contribution is 2.36. The maximum absolute atomic E-state index is 13.6. The number of amides is 1. The number of hydrogen-bond donors (Lipinski definition) is 0. The van der Waals surface area contributed by atoms with Gasteiger partial charge >= 0.3 is 0 Å². The molecule has 3 aromatic carbocycles. The van der Waals surface area contributed by atoms with E-state index in [1.165, 1.54) is 5.56 Å². The van der Waals surface area contributed by atoms with E-state index in [1.54, 1.807) is 28.1 Å². The number of hydrogen-bond acceptors (Lipinski definition) is 4. The molecule has 38 heavy (non-hydrogen) atoms. The Morgan fingerprint density at radius 2 is 1.82 bits per heavy atom. The number of para-hydroxylation sites is 1. The summed E-state index contributed by atoms with van der Waals surface area (Å²) in [4.78, 5) is 15.8. The van der Waals surface area contributed by atoms with E-state index in [9.17, 15) is 4.79 Å². The molecule has 1 unspecified atom stereocenters. The quantitative estimate of drug-likeness (QED) is 0.190. The second kappa shape index (κ2) is 10.8. The molecular formula is C31H26ClN3OS2. The highest BCUT2D eigenvalue weighted by atomic mass is 35.5. The van der Waals surface area contributed by atoms with Gasteiger partial charge in [0, 0.05) is 40.0 Å². The Morgan fingerprint density at radius 1 is 1.03 bits per heavy atom. The van der Waals surface area contributed by atoms with Crippen molar-refractivity contribution in [2.24, 2.45) is 5.10 Å². The van der Waals surface area contributed by atoms with E-state index >= 15 is 0 Å². The fraction of sp³-hybridized carbons (Fsp3) is 0.161. The van der Waals surface area contributed by atoms with Crippen molar-refractivity contribution in [1.29, 1.82) is 0 Å². The van der Waals surface area contributed by atoms with E-state index in [4.69, 9.17) is 16.7 Å². The number of carbonyl (C=O) groups is 1. The van der Waals surface area contributed by atoms with Crippen molar-refractivity contribution in [3.05, 3.63) is 123 Å². The van der Waals surface area contributed by atoms with E-state index in [0.29, 0.717) is 12.3 Å². The third-order valence-corrected chi connectivity index (χ3v) is 9.15. The number of aromatic nitrogens is 1. The normalized spacial score (nSPS) is 15.3. The minimum Gasteiger partial charge on any atom is -0.342 e. The summed E-state index contributed by atoms with van der Waals surface area (Å²) in [5, 5.41) is 10.5. The molecule has 0 radical (unpaired) electrons. The standard InChI is InChI=1S/C31H26ClN3OS2/c1-21-12-14-22(15-13-21)28-17-26(29-11-6-16-37-29)33-35(28)31(36)20-38-30-19-34(27-10-5-3-8-24(27)30)18-23-7-2-4-9-25(23)32/h2-16,19,28H,17-18,20H2,1H3. The molecule has 0 aliphatic carbocycles. The average molecular weight is 556 g/mol. The number of benzene rings is 3. The van der Waals surface area contributed by atoms with Crippen LogP contribution in [0.1, 0.15) is 34.0 Å². The molecule has 0 saturated heterocycles. The molecule has 4 nitrogen and oxygen atoms in total. The van der Waals surface area contributed by atoms with Gasteiger partial charge in [-0.15, -0.1) is 23.1 Å². The first-order valence-electron chi connectivity index (χ1n) is 12.5. The average Bonchev–Trinajstić information content (AvgIpc) is 3.69. The molecule has 1 amide bonds. The van der Waals surface area contributed by atoms with E-state index in [0.717, 1.165) is 49.0 Å². The predicted molar refractivity (Wildman–Crippen MR) is 159 cm³/mol. The van der Waals surface area contributed by atoms with Crippen LogP contribution in [0.2, 0.25) is 5.02 Å². The summed E-state index contributed by atoms with van der Waals surface area (Å²) in [6.45, 7) is 2.75. The number of rotatable bonds is 7. The summed E-state index contributed by atoms with van der Waals surface area (Å²) in [5.41, 5.74) is 5.48. The lowest BCUT2D eigenvalue weighted by atomic mass is 10.00. The van der Waals surface area contributed by atoms with Crippen molar-refractivity contribution in [3.8, 4) is 0 Å². The van der Waals surface area contributed by atoms with Crippen LogP contribution in [0.5, 0.6) is 0 Å². The molecule has 2 aromatic heterocycles. The zero-order chi connectivity index (χ0) is 26.1. The molecule has 1 aliphatic heterocycles. The summed E-state index contributed by atoms with van der Waals surface area (Å²) >= 11 is 9.68. The molecule has 0 N–H and O–H groups in total. The van der Waals surface area contributed by atoms with Gasteiger partial charge in [0.25, 0.3) is 5.91 Å². The van der Waals surface area contributed by atoms with Crippen LogP contribution in [0.3, 0.4) is 0 Å². The molecule has 0 bridgehead atoms. The van der Waals surface area contributed by atoms with Gasteiger partial charge in [0.1, 0.15) is 0 Å². The number of hydrazone groups is 1. The van der Waals surface area contributed by atoms with Gasteiger partial charge in [-0.1, -0.05) is 83.9 Å². The van der Waals surface area contributed by atoms with Gasteiger partial charge < -0.3 is 4.57 Å². The third kappa shape index (κ3) is 5.04. The SMILES string of the molecule is Cc1ccc(C2CC(c3cccs3)=NN2C(=O)CSc2cn(Cc3ccccc3Cl)c3ccccc23)cc1. The minimum absolute atomic E-state index is 0.00932. The van der Waals surface area contributed by atoms with Crippen LogP contribution < -0.4 is 0 Å². The molecule has 1 aliphatic rings. The highest BCUT2D eigenvalue weighted by molar-refractivity contribution is 8.00. The van der Waals surface area contributed by atoms with E-state index in [-0.39, 0.29) is 11.9 Å². The smallest absolute Gasteiger partial charge is 0.253 e. The topological polar surface area (TPSA) is 37.6 Å². The molecular weight excluding hydrogens is 530 g/mol. The fourth-order valence-electron chi connectivity index (χ4n) is 4.85. The van der Waals surface area contributed by atoms with Crippen LogP contribution >= 0.6 is 34.7 Å². The lowest BCUT2D eigenvalue weighted by Gasteiger charge is -2.22.